The SMILES string of the molecule is COc1ccc(COc2ccc(CNc3ncnc4c3ncn4[C@@H]3O[C@H](CN=[N+]=[N-])[C@@H]4OC(C)(C)OC43)cc2)cc1. The van der Waals surface area contributed by atoms with Gasteiger partial charge in [0.25, 0.3) is 0 Å². The maximum atomic E-state index is 8.80. The molecule has 2 aromatic carbocycles. The molecule has 6 rings (SSSR count). The topological polar surface area (TPSA) is 151 Å². The molecule has 0 amide bonds. The highest BCUT2D eigenvalue weighted by Crippen LogP contribution is 2.44. The summed E-state index contributed by atoms with van der Waals surface area (Å²) < 4.78 is 31.4. The number of nitrogens with zero attached hydrogens (tertiary/aromatic N) is 7. The first kappa shape index (κ1) is 26.8. The van der Waals surface area contributed by atoms with Crippen LogP contribution < -0.4 is 14.8 Å². The standard InChI is InChI=1S/C28H30N8O5/c1-28(2)40-23-21(13-34-35-29)39-27(24(23)41-28)36-16-33-22-25(31-15-32-26(22)36)30-12-17-4-10-20(11-5-17)38-14-18-6-8-19(37-3)9-7-18/h4-11,15-16,21,23-24,27H,12-14H2,1-3H3,(H,30,31,32)/t21-,23+,24?,27-/m1/s1. The van der Waals surface area contributed by atoms with E-state index in [4.69, 9.17) is 29.2 Å². The van der Waals surface area contributed by atoms with E-state index >= 15 is 0 Å². The summed E-state index contributed by atoms with van der Waals surface area (Å²) in [7, 11) is 1.65. The van der Waals surface area contributed by atoms with E-state index in [0.717, 1.165) is 22.6 Å². The highest BCUT2D eigenvalue weighted by atomic mass is 16.8. The van der Waals surface area contributed by atoms with Crippen molar-refractivity contribution in [3.05, 3.63) is 82.8 Å². The third-order valence-electron chi connectivity index (χ3n) is 7.03. The molecule has 2 aliphatic heterocycles. The Hall–Kier alpha value is -4.42. The number of imidazole rings is 1. The Kier molecular flexibility index (Phi) is 7.33. The molecule has 2 saturated heterocycles. The lowest BCUT2D eigenvalue weighted by Gasteiger charge is -2.24. The molecule has 1 N–H and O–H groups in total. The summed E-state index contributed by atoms with van der Waals surface area (Å²) in [6.07, 6.45) is 1.32. The first-order valence-corrected chi connectivity index (χ1v) is 13.2. The number of fused-ring (bicyclic) bond motifs is 2. The fourth-order valence-corrected chi connectivity index (χ4v) is 5.09. The van der Waals surface area contributed by atoms with Crippen molar-refractivity contribution in [1.82, 2.24) is 19.5 Å². The summed E-state index contributed by atoms with van der Waals surface area (Å²) in [5.74, 6) is 1.40. The van der Waals surface area contributed by atoms with Gasteiger partial charge in [-0.25, -0.2) is 15.0 Å². The van der Waals surface area contributed by atoms with E-state index in [0.29, 0.717) is 30.1 Å². The fourth-order valence-electron chi connectivity index (χ4n) is 5.09. The maximum Gasteiger partial charge on any atom is 0.167 e. The fraction of sp³-hybridized carbons (Fsp3) is 0.393. The summed E-state index contributed by atoms with van der Waals surface area (Å²) >= 11 is 0. The normalized spacial score (nSPS) is 22.7. The van der Waals surface area contributed by atoms with Crippen molar-refractivity contribution in [3.8, 4) is 11.5 Å². The van der Waals surface area contributed by atoms with Crippen LogP contribution in [0.4, 0.5) is 5.82 Å². The Balaban J connectivity index is 1.12. The molecule has 0 spiro atoms. The zero-order chi connectivity index (χ0) is 28.4. The molecule has 41 heavy (non-hydrogen) atoms. The zero-order valence-corrected chi connectivity index (χ0v) is 22.9. The molecule has 2 aromatic heterocycles. The van der Waals surface area contributed by atoms with Gasteiger partial charge in [0.05, 0.1) is 26.1 Å². The first-order chi connectivity index (χ1) is 19.9. The van der Waals surface area contributed by atoms with E-state index in [1.165, 1.54) is 6.33 Å². The molecule has 2 fully saturated rings. The van der Waals surface area contributed by atoms with Gasteiger partial charge in [-0.1, -0.05) is 29.4 Å². The number of hydrogen-bond acceptors (Lipinski definition) is 10. The minimum atomic E-state index is -0.791. The maximum absolute atomic E-state index is 8.80. The quantitative estimate of drug-likeness (QED) is 0.165. The molecule has 2 aliphatic rings. The van der Waals surface area contributed by atoms with Crippen molar-refractivity contribution in [2.45, 2.75) is 57.3 Å². The number of ether oxygens (including phenoxy) is 5. The summed E-state index contributed by atoms with van der Waals surface area (Å²) in [5, 5.41) is 7.05. The van der Waals surface area contributed by atoms with Crippen molar-refractivity contribution < 1.29 is 23.7 Å². The Morgan fingerprint density at radius 3 is 2.49 bits per heavy atom. The van der Waals surface area contributed by atoms with Gasteiger partial charge in [-0.2, -0.15) is 0 Å². The van der Waals surface area contributed by atoms with Gasteiger partial charge < -0.3 is 29.0 Å². The molecule has 0 aliphatic carbocycles. The van der Waals surface area contributed by atoms with Crippen molar-refractivity contribution in [1.29, 1.82) is 0 Å². The van der Waals surface area contributed by atoms with Crippen LogP contribution in [0.3, 0.4) is 0 Å². The van der Waals surface area contributed by atoms with Crippen LogP contribution in [0.25, 0.3) is 21.6 Å². The molecule has 0 bridgehead atoms. The largest absolute Gasteiger partial charge is 0.497 e. The molecular weight excluding hydrogens is 528 g/mol. The number of hydrogen-bond donors (Lipinski definition) is 1. The Morgan fingerprint density at radius 2 is 1.73 bits per heavy atom. The second kappa shape index (κ2) is 11.2. The molecule has 212 valence electrons. The highest BCUT2D eigenvalue weighted by Gasteiger charge is 2.55. The van der Waals surface area contributed by atoms with Crippen LogP contribution in [0.5, 0.6) is 11.5 Å². The van der Waals surface area contributed by atoms with Crippen molar-refractivity contribution >= 4 is 17.0 Å². The Labute approximate surface area is 236 Å². The molecule has 0 saturated carbocycles. The van der Waals surface area contributed by atoms with Crippen LogP contribution in [-0.4, -0.2) is 57.3 Å². The minimum Gasteiger partial charge on any atom is -0.497 e. The third kappa shape index (κ3) is 5.61. The lowest BCUT2D eigenvalue weighted by molar-refractivity contribution is -0.195. The molecule has 4 aromatic rings. The van der Waals surface area contributed by atoms with Gasteiger partial charge in [0.15, 0.2) is 29.0 Å². The predicted molar refractivity (Wildman–Crippen MR) is 148 cm³/mol. The van der Waals surface area contributed by atoms with Crippen LogP contribution >= 0.6 is 0 Å². The van der Waals surface area contributed by atoms with Crippen LogP contribution in [0, 0.1) is 0 Å². The van der Waals surface area contributed by atoms with E-state index in [1.54, 1.807) is 13.4 Å². The number of anilines is 1. The molecular formula is C28H30N8O5. The summed E-state index contributed by atoms with van der Waals surface area (Å²) in [4.78, 5) is 16.3. The number of nitrogens with one attached hydrogen (secondary N) is 1. The van der Waals surface area contributed by atoms with Gasteiger partial charge in [-0.05, 0) is 54.8 Å². The molecule has 13 heteroatoms. The smallest absolute Gasteiger partial charge is 0.167 e. The van der Waals surface area contributed by atoms with E-state index in [9.17, 15) is 0 Å². The van der Waals surface area contributed by atoms with Gasteiger partial charge in [0.1, 0.15) is 36.6 Å². The molecule has 0 radical (unpaired) electrons. The summed E-state index contributed by atoms with van der Waals surface area (Å²) in [6, 6.07) is 15.7. The predicted octanol–water partition coefficient (Wildman–Crippen LogP) is 4.75. The lowest BCUT2D eigenvalue weighted by atomic mass is 10.1. The van der Waals surface area contributed by atoms with Gasteiger partial charge in [-0.15, -0.1) is 0 Å². The number of azide groups is 1. The van der Waals surface area contributed by atoms with Gasteiger partial charge in [-0.3, -0.25) is 4.57 Å². The average molecular weight is 559 g/mol. The second-order valence-electron chi connectivity index (χ2n) is 10.2. The van der Waals surface area contributed by atoms with Gasteiger partial charge >= 0.3 is 0 Å². The third-order valence-corrected chi connectivity index (χ3v) is 7.03. The average Bonchev–Trinajstić information content (AvgIpc) is 3.65. The Morgan fingerprint density at radius 1 is 1.00 bits per heavy atom. The summed E-state index contributed by atoms with van der Waals surface area (Å²) in [5.41, 5.74) is 12.1. The molecule has 1 unspecified atom stereocenters. The van der Waals surface area contributed by atoms with Crippen LogP contribution in [0.1, 0.15) is 31.2 Å². The van der Waals surface area contributed by atoms with E-state index in [2.05, 4.69) is 30.3 Å². The summed E-state index contributed by atoms with van der Waals surface area (Å²) in [6.45, 7) is 4.83. The number of rotatable bonds is 10. The zero-order valence-electron chi connectivity index (χ0n) is 22.9. The van der Waals surface area contributed by atoms with Crippen molar-refractivity contribution in [2.75, 3.05) is 19.0 Å². The number of benzene rings is 2. The van der Waals surface area contributed by atoms with E-state index in [-0.39, 0.29) is 12.6 Å². The number of methoxy groups -OCH3 is 1. The van der Waals surface area contributed by atoms with Crippen LogP contribution in [0.15, 0.2) is 66.3 Å². The minimum absolute atomic E-state index is 0.132. The molecule has 13 nitrogen and oxygen atoms in total. The lowest BCUT2D eigenvalue weighted by Crippen LogP contribution is -2.31. The van der Waals surface area contributed by atoms with Gasteiger partial charge in [0.2, 0.25) is 0 Å². The van der Waals surface area contributed by atoms with E-state index < -0.39 is 24.2 Å². The van der Waals surface area contributed by atoms with Gasteiger partial charge in [0, 0.05) is 11.5 Å². The van der Waals surface area contributed by atoms with Crippen molar-refractivity contribution in [3.63, 3.8) is 0 Å². The monoisotopic (exact) mass is 558 g/mol. The van der Waals surface area contributed by atoms with Crippen LogP contribution in [-0.2, 0) is 27.4 Å². The van der Waals surface area contributed by atoms with E-state index in [1.807, 2.05) is 66.9 Å². The Bertz CT molecular complexity index is 1550. The molecule has 4 heterocycles. The first-order valence-electron chi connectivity index (χ1n) is 13.2. The van der Waals surface area contributed by atoms with Crippen molar-refractivity contribution in [2.24, 2.45) is 5.11 Å². The highest BCUT2D eigenvalue weighted by molar-refractivity contribution is 5.82. The molecule has 4 atom stereocenters. The number of aromatic nitrogens is 4. The van der Waals surface area contributed by atoms with Crippen LogP contribution in [0.2, 0.25) is 0 Å². The second-order valence-corrected chi connectivity index (χ2v) is 10.2.